The van der Waals surface area contributed by atoms with E-state index >= 15 is 0 Å². The fraction of sp³-hybridized carbons (Fsp3) is 0.222. The number of rotatable bonds is 3. The molecule has 0 aliphatic heterocycles. The molecule has 1 heterocycles. The van der Waals surface area contributed by atoms with E-state index in [1.807, 2.05) is 11.3 Å². The van der Waals surface area contributed by atoms with Gasteiger partial charge >= 0.3 is 0 Å². The predicted octanol–water partition coefficient (Wildman–Crippen LogP) is 7.67. The van der Waals surface area contributed by atoms with Gasteiger partial charge in [-0.1, -0.05) is 78.9 Å². The lowest BCUT2D eigenvalue weighted by atomic mass is 9.71. The van der Waals surface area contributed by atoms with Crippen LogP contribution >= 0.6 is 28.3 Å². The van der Waals surface area contributed by atoms with Crippen LogP contribution in [0.1, 0.15) is 44.1 Å². The van der Waals surface area contributed by atoms with E-state index < -0.39 is 0 Å². The van der Waals surface area contributed by atoms with Crippen molar-refractivity contribution in [2.75, 3.05) is 0 Å². The zero-order valence-corrected chi connectivity index (χ0v) is 19.9. The molecule has 30 heavy (non-hydrogen) atoms. The standard InChI is InChI=1S/C27H25NS.BrH/c1-18-19(2)29-27(28-18)26-17-25-22(16-24(26)21-12-7-4-8-13-21)14-9-15-23(25)20-10-5-3-6-11-20;/h3-15,24,26H,16-17H2,1-2H3;1H. The summed E-state index contributed by atoms with van der Waals surface area (Å²) in [5.74, 6) is 0.895. The largest absolute Gasteiger partial charge is 0.246 e. The Morgan fingerprint density at radius 2 is 1.47 bits per heavy atom. The Hall–Kier alpha value is -2.23. The summed E-state index contributed by atoms with van der Waals surface area (Å²) in [5.41, 5.74) is 8.29. The van der Waals surface area contributed by atoms with E-state index in [0.29, 0.717) is 11.8 Å². The summed E-state index contributed by atoms with van der Waals surface area (Å²) in [6.45, 7) is 4.33. The minimum absolute atomic E-state index is 0. The van der Waals surface area contributed by atoms with Crippen molar-refractivity contribution in [1.29, 1.82) is 0 Å². The molecule has 0 bridgehead atoms. The molecule has 0 amide bonds. The van der Waals surface area contributed by atoms with Crippen LogP contribution in [0.3, 0.4) is 0 Å². The molecule has 1 aliphatic carbocycles. The third-order valence-corrected chi connectivity index (χ3v) is 7.50. The Balaban J connectivity index is 0.00000218. The maximum Gasteiger partial charge on any atom is 0.0971 e. The van der Waals surface area contributed by atoms with Crippen LogP contribution in [0.2, 0.25) is 0 Å². The number of halogens is 1. The molecular weight excluding hydrogens is 450 g/mol. The molecule has 1 nitrogen and oxygen atoms in total. The number of nitrogens with zero attached hydrogens (tertiary/aromatic N) is 1. The van der Waals surface area contributed by atoms with Crippen LogP contribution in [0, 0.1) is 13.8 Å². The molecule has 2 unspecified atom stereocenters. The molecule has 3 aromatic carbocycles. The Kier molecular flexibility index (Phi) is 6.21. The predicted molar refractivity (Wildman–Crippen MR) is 133 cm³/mol. The molecule has 1 aliphatic rings. The highest BCUT2D eigenvalue weighted by Crippen LogP contribution is 2.46. The van der Waals surface area contributed by atoms with Crippen LogP contribution in [0.5, 0.6) is 0 Å². The van der Waals surface area contributed by atoms with Crippen molar-refractivity contribution in [3.05, 3.63) is 111 Å². The first-order valence-corrected chi connectivity index (χ1v) is 11.2. The van der Waals surface area contributed by atoms with Crippen LogP contribution in [0.4, 0.5) is 0 Å². The van der Waals surface area contributed by atoms with Crippen LogP contribution in [0.15, 0.2) is 78.9 Å². The Bertz CT molecular complexity index is 1110. The van der Waals surface area contributed by atoms with Gasteiger partial charge in [0, 0.05) is 10.8 Å². The lowest BCUT2D eigenvalue weighted by molar-refractivity contribution is 0.499. The summed E-state index contributed by atoms with van der Waals surface area (Å²) in [6, 6.07) is 28.7. The van der Waals surface area contributed by atoms with Gasteiger partial charge in [0.25, 0.3) is 0 Å². The highest BCUT2D eigenvalue weighted by atomic mass is 79.9. The lowest BCUT2D eigenvalue weighted by Crippen LogP contribution is -2.23. The zero-order chi connectivity index (χ0) is 19.8. The molecule has 0 radical (unpaired) electrons. The molecule has 0 spiro atoms. The fourth-order valence-corrected chi connectivity index (χ4v) is 5.75. The summed E-state index contributed by atoms with van der Waals surface area (Å²) in [7, 11) is 0. The van der Waals surface area contributed by atoms with Crippen molar-refractivity contribution in [2.45, 2.75) is 38.5 Å². The monoisotopic (exact) mass is 475 g/mol. The van der Waals surface area contributed by atoms with Gasteiger partial charge < -0.3 is 0 Å². The van der Waals surface area contributed by atoms with Crippen LogP contribution in [-0.4, -0.2) is 4.98 Å². The summed E-state index contributed by atoms with van der Waals surface area (Å²) >= 11 is 1.88. The van der Waals surface area contributed by atoms with Crippen molar-refractivity contribution in [3.63, 3.8) is 0 Å². The van der Waals surface area contributed by atoms with Gasteiger partial charge in [0.15, 0.2) is 0 Å². The summed E-state index contributed by atoms with van der Waals surface area (Å²) in [5, 5.41) is 1.29. The topological polar surface area (TPSA) is 12.9 Å². The molecule has 0 N–H and O–H groups in total. The second kappa shape index (κ2) is 8.87. The van der Waals surface area contributed by atoms with Crippen LogP contribution in [-0.2, 0) is 12.8 Å². The Morgan fingerprint density at radius 3 is 2.13 bits per heavy atom. The highest BCUT2D eigenvalue weighted by Gasteiger charge is 2.34. The van der Waals surface area contributed by atoms with Gasteiger partial charge in [0.05, 0.1) is 10.7 Å². The van der Waals surface area contributed by atoms with E-state index in [9.17, 15) is 0 Å². The molecule has 0 saturated carbocycles. The number of thiazole rings is 1. The number of hydrogen-bond acceptors (Lipinski definition) is 2. The highest BCUT2D eigenvalue weighted by molar-refractivity contribution is 8.93. The lowest BCUT2D eigenvalue weighted by Gasteiger charge is -2.34. The third-order valence-electron chi connectivity index (χ3n) is 6.30. The van der Waals surface area contributed by atoms with Gasteiger partial charge in [-0.3, -0.25) is 0 Å². The first-order chi connectivity index (χ1) is 14.2. The van der Waals surface area contributed by atoms with Crippen molar-refractivity contribution in [1.82, 2.24) is 4.98 Å². The average Bonchev–Trinajstić information content (AvgIpc) is 3.12. The van der Waals surface area contributed by atoms with Gasteiger partial charge in [-0.2, -0.15) is 0 Å². The van der Waals surface area contributed by atoms with Gasteiger partial charge in [-0.05, 0) is 60.4 Å². The molecule has 2 atom stereocenters. The van der Waals surface area contributed by atoms with Gasteiger partial charge in [-0.15, -0.1) is 28.3 Å². The number of fused-ring (bicyclic) bond motifs is 1. The Morgan fingerprint density at radius 1 is 0.767 bits per heavy atom. The molecule has 1 aromatic heterocycles. The second-order valence-electron chi connectivity index (χ2n) is 8.03. The van der Waals surface area contributed by atoms with Crippen molar-refractivity contribution in [2.24, 2.45) is 0 Å². The first kappa shape index (κ1) is 21.0. The maximum absolute atomic E-state index is 5.00. The van der Waals surface area contributed by atoms with E-state index in [1.165, 1.54) is 43.4 Å². The molecule has 4 aromatic rings. The normalized spacial score (nSPS) is 17.8. The van der Waals surface area contributed by atoms with E-state index in [-0.39, 0.29) is 17.0 Å². The maximum atomic E-state index is 5.00. The molecule has 0 saturated heterocycles. The molecule has 3 heteroatoms. The third kappa shape index (κ3) is 3.89. The van der Waals surface area contributed by atoms with Crippen LogP contribution < -0.4 is 0 Å². The van der Waals surface area contributed by atoms with E-state index in [4.69, 9.17) is 4.98 Å². The fourth-order valence-electron chi connectivity index (χ4n) is 4.66. The summed E-state index contributed by atoms with van der Waals surface area (Å²) in [4.78, 5) is 6.35. The SMILES string of the molecule is Br.Cc1nc(C2Cc3c(cccc3-c3ccccc3)CC2c2ccccc2)sc1C. The van der Waals surface area contributed by atoms with Gasteiger partial charge in [0.1, 0.15) is 0 Å². The smallest absolute Gasteiger partial charge is 0.0971 e. The summed E-state index contributed by atoms with van der Waals surface area (Å²) < 4.78 is 0. The molecule has 0 fully saturated rings. The van der Waals surface area contributed by atoms with Crippen molar-refractivity contribution in [3.8, 4) is 11.1 Å². The minimum atomic E-state index is 0. The number of hydrogen-bond donors (Lipinski definition) is 0. The van der Waals surface area contributed by atoms with Crippen molar-refractivity contribution >= 4 is 28.3 Å². The van der Waals surface area contributed by atoms with Gasteiger partial charge in [-0.25, -0.2) is 4.98 Å². The number of aryl methyl sites for hydroxylation is 2. The van der Waals surface area contributed by atoms with Gasteiger partial charge in [0.2, 0.25) is 0 Å². The zero-order valence-electron chi connectivity index (χ0n) is 17.3. The Labute approximate surface area is 193 Å². The molecular formula is C27H26BrNS. The van der Waals surface area contributed by atoms with E-state index in [1.54, 1.807) is 0 Å². The molecule has 152 valence electrons. The summed E-state index contributed by atoms with van der Waals surface area (Å²) in [6.07, 6.45) is 2.12. The van der Waals surface area contributed by atoms with Crippen LogP contribution in [0.25, 0.3) is 11.1 Å². The number of aromatic nitrogens is 1. The quantitative estimate of drug-likeness (QED) is 0.296. The van der Waals surface area contributed by atoms with Crippen molar-refractivity contribution < 1.29 is 0 Å². The molecule has 5 rings (SSSR count). The van der Waals surface area contributed by atoms with E-state index in [2.05, 4.69) is 92.7 Å². The minimum Gasteiger partial charge on any atom is -0.246 e. The van der Waals surface area contributed by atoms with E-state index in [0.717, 1.165) is 12.8 Å². The second-order valence-corrected chi connectivity index (χ2v) is 9.27. The average molecular weight is 476 g/mol. The first-order valence-electron chi connectivity index (χ1n) is 10.4. The number of benzene rings is 3.